The molecule has 1 fully saturated rings. The van der Waals surface area contributed by atoms with E-state index in [4.69, 9.17) is 0 Å². The van der Waals surface area contributed by atoms with Crippen LogP contribution in [0, 0.1) is 12.8 Å². The van der Waals surface area contributed by atoms with Gasteiger partial charge >= 0.3 is 5.16 Å². The molecule has 0 radical (unpaired) electrons. The van der Waals surface area contributed by atoms with Crippen molar-refractivity contribution in [1.29, 1.82) is 0 Å². The lowest BCUT2D eigenvalue weighted by Crippen LogP contribution is -2.08. The van der Waals surface area contributed by atoms with Crippen LogP contribution in [0.1, 0.15) is 44.1 Å². The Morgan fingerprint density at radius 1 is 1.26 bits per heavy atom. The van der Waals surface area contributed by atoms with Crippen molar-refractivity contribution >= 4 is 22.8 Å². The highest BCUT2D eigenvalue weighted by Crippen LogP contribution is 2.28. The second kappa shape index (κ2) is 6.00. The number of H-pyrrole nitrogens is 2. The molecule has 0 unspecified atom stereocenters. The van der Waals surface area contributed by atoms with Crippen LogP contribution in [0.25, 0.3) is 11.0 Å². The Hall–Kier alpha value is -0.960. The number of aromatic nitrogens is 2. The Morgan fingerprint density at radius 2 is 2.11 bits per heavy atom. The molecule has 0 saturated heterocycles. The van der Waals surface area contributed by atoms with Crippen LogP contribution in [-0.4, -0.2) is 10.7 Å². The maximum atomic E-state index is 3.48. The van der Waals surface area contributed by atoms with Crippen LogP contribution in [0.15, 0.2) is 23.4 Å². The first-order valence-electron chi connectivity index (χ1n) is 7.46. The Labute approximate surface area is 119 Å². The van der Waals surface area contributed by atoms with Crippen LogP contribution in [0.2, 0.25) is 0 Å². The van der Waals surface area contributed by atoms with E-state index in [1.54, 1.807) is 0 Å². The Balaban J connectivity index is 1.56. The van der Waals surface area contributed by atoms with E-state index >= 15 is 0 Å². The van der Waals surface area contributed by atoms with Crippen molar-refractivity contribution in [3.8, 4) is 0 Å². The molecular formula is C16H23N2S+. The number of hydrogen-bond acceptors (Lipinski definition) is 1. The van der Waals surface area contributed by atoms with Gasteiger partial charge in [0, 0.05) is 5.75 Å². The summed E-state index contributed by atoms with van der Waals surface area (Å²) in [4.78, 5) is 6.95. The van der Waals surface area contributed by atoms with E-state index in [1.807, 2.05) is 11.8 Å². The zero-order chi connectivity index (χ0) is 13.1. The minimum atomic E-state index is 0.980. The second-order valence-corrected chi connectivity index (χ2v) is 6.87. The fourth-order valence-corrected chi connectivity index (χ4v) is 4.04. The molecule has 1 aromatic carbocycles. The van der Waals surface area contributed by atoms with E-state index in [0.29, 0.717) is 0 Å². The summed E-state index contributed by atoms with van der Waals surface area (Å²) in [6, 6.07) is 6.52. The summed E-state index contributed by atoms with van der Waals surface area (Å²) >= 11 is 1.93. The minimum Gasteiger partial charge on any atom is -0.231 e. The fourth-order valence-electron chi connectivity index (χ4n) is 3.02. The third-order valence-corrected chi connectivity index (χ3v) is 5.10. The van der Waals surface area contributed by atoms with Gasteiger partial charge in [-0.05, 0) is 48.7 Å². The summed E-state index contributed by atoms with van der Waals surface area (Å²) in [5.41, 5.74) is 3.74. The summed E-state index contributed by atoms with van der Waals surface area (Å²) in [6.45, 7) is 2.14. The molecule has 1 aliphatic carbocycles. The summed E-state index contributed by atoms with van der Waals surface area (Å²) in [5, 5.41) is 1.21. The van der Waals surface area contributed by atoms with Crippen LogP contribution in [-0.2, 0) is 0 Å². The third kappa shape index (κ3) is 3.33. The normalized spacial score (nSPS) is 17.1. The average molecular weight is 275 g/mol. The number of nitrogens with one attached hydrogen (secondary N) is 2. The van der Waals surface area contributed by atoms with Crippen LogP contribution in [0.4, 0.5) is 0 Å². The highest BCUT2D eigenvalue weighted by atomic mass is 32.2. The molecule has 2 N–H and O–H groups in total. The number of hydrogen-bond donors (Lipinski definition) is 1. The summed E-state index contributed by atoms with van der Waals surface area (Å²) in [7, 11) is 0. The number of imidazole rings is 1. The molecule has 0 spiro atoms. The molecule has 0 bridgehead atoms. The van der Waals surface area contributed by atoms with Crippen molar-refractivity contribution in [2.45, 2.75) is 50.6 Å². The van der Waals surface area contributed by atoms with Gasteiger partial charge in [0.25, 0.3) is 0 Å². The first kappa shape index (κ1) is 13.0. The van der Waals surface area contributed by atoms with E-state index in [-0.39, 0.29) is 0 Å². The smallest absolute Gasteiger partial charge is 0.231 e. The van der Waals surface area contributed by atoms with Crippen molar-refractivity contribution in [1.82, 2.24) is 4.98 Å². The number of thioether (sulfide) groups is 1. The third-order valence-electron chi connectivity index (χ3n) is 4.17. The predicted octanol–water partition coefficient (Wildman–Crippen LogP) is 4.35. The SMILES string of the molecule is Cc1ccc2[nH+]c(SCCC3CCCCC3)[nH]c2c1. The van der Waals surface area contributed by atoms with Gasteiger partial charge < -0.3 is 0 Å². The lowest BCUT2D eigenvalue weighted by atomic mass is 9.88. The molecule has 1 aromatic heterocycles. The van der Waals surface area contributed by atoms with Gasteiger partial charge in [-0.3, -0.25) is 0 Å². The molecule has 1 aliphatic rings. The molecule has 0 amide bonds. The second-order valence-electron chi connectivity index (χ2n) is 5.77. The molecule has 0 atom stereocenters. The minimum absolute atomic E-state index is 0.980. The highest BCUT2D eigenvalue weighted by Gasteiger charge is 2.15. The van der Waals surface area contributed by atoms with Gasteiger partial charge in [-0.15, -0.1) is 0 Å². The molecule has 2 aromatic rings. The van der Waals surface area contributed by atoms with Crippen molar-refractivity contribution in [2.75, 3.05) is 5.75 Å². The lowest BCUT2D eigenvalue weighted by molar-refractivity contribution is -0.396. The monoisotopic (exact) mass is 275 g/mol. The standard InChI is InChI=1S/C16H22N2S/c1-12-7-8-14-15(11-12)18-16(17-14)19-10-9-13-5-3-2-4-6-13/h7-8,11,13H,2-6,9-10H2,1H3,(H,17,18)/p+1. The Kier molecular flexibility index (Phi) is 4.12. The van der Waals surface area contributed by atoms with Crippen LogP contribution < -0.4 is 4.98 Å². The van der Waals surface area contributed by atoms with Crippen LogP contribution in [0.5, 0.6) is 0 Å². The average Bonchev–Trinajstić information content (AvgIpc) is 2.82. The van der Waals surface area contributed by atoms with E-state index in [2.05, 4.69) is 35.1 Å². The van der Waals surface area contributed by atoms with Crippen molar-refractivity contribution in [2.24, 2.45) is 5.92 Å². The number of rotatable bonds is 4. The lowest BCUT2D eigenvalue weighted by Gasteiger charge is -2.20. The number of benzene rings is 1. The van der Waals surface area contributed by atoms with Gasteiger partial charge in [-0.2, -0.15) is 0 Å². The maximum absolute atomic E-state index is 3.48. The first-order chi connectivity index (χ1) is 9.31. The molecule has 3 rings (SSSR count). The molecule has 0 aliphatic heterocycles. The van der Waals surface area contributed by atoms with Crippen LogP contribution in [0.3, 0.4) is 0 Å². The van der Waals surface area contributed by atoms with Gasteiger partial charge in [-0.25, -0.2) is 9.97 Å². The molecule has 1 saturated carbocycles. The van der Waals surface area contributed by atoms with E-state index < -0.39 is 0 Å². The van der Waals surface area contributed by atoms with E-state index in [1.165, 1.54) is 66.0 Å². The number of aryl methyl sites for hydroxylation is 1. The Morgan fingerprint density at radius 3 is 2.95 bits per heavy atom. The topological polar surface area (TPSA) is 29.9 Å². The van der Waals surface area contributed by atoms with Gasteiger partial charge in [-0.1, -0.05) is 38.2 Å². The quantitative estimate of drug-likeness (QED) is 0.826. The molecular weight excluding hydrogens is 252 g/mol. The van der Waals surface area contributed by atoms with Crippen molar-refractivity contribution < 1.29 is 4.98 Å². The molecule has 1 heterocycles. The molecule has 19 heavy (non-hydrogen) atoms. The zero-order valence-corrected chi connectivity index (χ0v) is 12.5. The van der Waals surface area contributed by atoms with Gasteiger partial charge in [0.1, 0.15) is 0 Å². The zero-order valence-electron chi connectivity index (χ0n) is 11.7. The molecule has 2 nitrogen and oxygen atoms in total. The van der Waals surface area contributed by atoms with Crippen LogP contribution >= 0.6 is 11.8 Å². The van der Waals surface area contributed by atoms with Gasteiger partial charge in [0.15, 0.2) is 11.0 Å². The number of aromatic amines is 2. The summed E-state index contributed by atoms with van der Waals surface area (Å²) in [5.74, 6) is 2.21. The highest BCUT2D eigenvalue weighted by molar-refractivity contribution is 7.99. The Bertz CT molecular complexity index is 541. The van der Waals surface area contributed by atoms with E-state index in [9.17, 15) is 0 Å². The first-order valence-corrected chi connectivity index (χ1v) is 8.44. The predicted molar refractivity (Wildman–Crippen MR) is 81.5 cm³/mol. The van der Waals surface area contributed by atoms with Gasteiger partial charge in [0.2, 0.25) is 0 Å². The molecule has 102 valence electrons. The molecule has 3 heteroatoms. The largest absolute Gasteiger partial charge is 0.314 e. The summed E-state index contributed by atoms with van der Waals surface area (Å²) in [6.07, 6.45) is 8.64. The van der Waals surface area contributed by atoms with E-state index in [0.717, 1.165) is 5.92 Å². The maximum Gasteiger partial charge on any atom is 0.314 e. The number of fused-ring (bicyclic) bond motifs is 1. The van der Waals surface area contributed by atoms with Crippen molar-refractivity contribution in [3.63, 3.8) is 0 Å². The van der Waals surface area contributed by atoms with Gasteiger partial charge in [0.05, 0.1) is 0 Å². The summed E-state index contributed by atoms with van der Waals surface area (Å²) < 4.78 is 0. The fraction of sp³-hybridized carbons (Fsp3) is 0.562. The van der Waals surface area contributed by atoms with Crippen molar-refractivity contribution in [3.05, 3.63) is 23.8 Å².